The smallest absolute Gasteiger partial charge is 0.243 e. The lowest BCUT2D eigenvalue weighted by atomic mass is 10.3. The van der Waals surface area contributed by atoms with E-state index in [2.05, 4.69) is 20.9 Å². The van der Waals surface area contributed by atoms with Crippen molar-refractivity contribution in [2.75, 3.05) is 20.2 Å². The van der Waals surface area contributed by atoms with Gasteiger partial charge in [0, 0.05) is 29.3 Å². The van der Waals surface area contributed by atoms with Crippen LogP contribution in [-0.4, -0.2) is 44.0 Å². The number of halogens is 1. The molecule has 1 aliphatic rings. The molecule has 1 aromatic heterocycles. The maximum absolute atomic E-state index is 12.7. The molecule has 0 aliphatic carbocycles. The summed E-state index contributed by atoms with van der Waals surface area (Å²) < 4.78 is 38.7. The highest BCUT2D eigenvalue weighted by Crippen LogP contribution is 2.26. The van der Waals surface area contributed by atoms with Gasteiger partial charge in [-0.25, -0.2) is 13.4 Å². The highest BCUT2D eigenvalue weighted by molar-refractivity contribution is 9.10. The lowest BCUT2D eigenvalue weighted by molar-refractivity contribution is 0.207. The third-order valence-electron chi connectivity index (χ3n) is 3.77. The van der Waals surface area contributed by atoms with Gasteiger partial charge in [-0.3, -0.25) is 0 Å². The molecule has 6 nitrogen and oxygen atoms in total. The predicted octanol–water partition coefficient (Wildman–Crippen LogP) is 2.69. The molecule has 0 saturated carbocycles. The van der Waals surface area contributed by atoms with Gasteiger partial charge in [0.25, 0.3) is 0 Å². The van der Waals surface area contributed by atoms with Gasteiger partial charge in [0.1, 0.15) is 11.9 Å². The molecule has 0 amide bonds. The second-order valence-electron chi connectivity index (χ2n) is 5.39. The minimum Gasteiger partial charge on any atom is -0.497 e. The fourth-order valence-corrected chi connectivity index (χ4v) is 4.28. The van der Waals surface area contributed by atoms with Crippen molar-refractivity contribution in [2.45, 2.75) is 17.4 Å². The van der Waals surface area contributed by atoms with Crippen LogP contribution in [0.15, 0.2) is 52.0 Å². The molecule has 2 heterocycles. The zero-order valence-electron chi connectivity index (χ0n) is 13.1. The first-order valence-corrected chi connectivity index (χ1v) is 9.65. The summed E-state index contributed by atoms with van der Waals surface area (Å²) in [5.74, 6) is 1.01. The van der Waals surface area contributed by atoms with E-state index < -0.39 is 10.0 Å². The van der Waals surface area contributed by atoms with E-state index in [4.69, 9.17) is 9.47 Å². The molecule has 1 aliphatic heterocycles. The number of ether oxygens (including phenoxy) is 2. The normalized spacial score (nSPS) is 18.5. The second-order valence-corrected chi connectivity index (χ2v) is 8.24. The molecule has 0 bridgehead atoms. The maximum Gasteiger partial charge on any atom is 0.243 e. The Morgan fingerprint density at radius 3 is 2.83 bits per heavy atom. The van der Waals surface area contributed by atoms with E-state index >= 15 is 0 Å². The lowest BCUT2D eigenvalue weighted by Crippen LogP contribution is -2.31. The highest BCUT2D eigenvalue weighted by Gasteiger charge is 2.34. The number of sulfonamides is 1. The molecule has 24 heavy (non-hydrogen) atoms. The van der Waals surface area contributed by atoms with Crippen molar-refractivity contribution in [1.82, 2.24) is 9.29 Å². The van der Waals surface area contributed by atoms with Crippen LogP contribution in [0.5, 0.6) is 11.6 Å². The fourth-order valence-electron chi connectivity index (χ4n) is 2.53. The Hall–Kier alpha value is -1.64. The Morgan fingerprint density at radius 2 is 2.12 bits per heavy atom. The average Bonchev–Trinajstić information content (AvgIpc) is 3.06. The Kier molecular flexibility index (Phi) is 5.07. The van der Waals surface area contributed by atoms with Gasteiger partial charge in [0.05, 0.1) is 18.6 Å². The quantitative estimate of drug-likeness (QED) is 0.754. The molecule has 1 unspecified atom stereocenters. The van der Waals surface area contributed by atoms with Gasteiger partial charge in [-0.1, -0.05) is 6.07 Å². The minimum absolute atomic E-state index is 0.209. The SMILES string of the molecule is COc1cccc(S(=O)(=O)N2CCC(Oc3ccc(Br)cn3)C2)c1. The van der Waals surface area contributed by atoms with Crippen LogP contribution in [0.2, 0.25) is 0 Å². The van der Waals surface area contributed by atoms with Crippen LogP contribution in [0.3, 0.4) is 0 Å². The van der Waals surface area contributed by atoms with E-state index in [1.54, 1.807) is 30.5 Å². The van der Waals surface area contributed by atoms with E-state index in [1.807, 2.05) is 6.07 Å². The Bertz CT molecular complexity index is 811. The molecule has 2 aromatic rings. The van der Waals surface area contributed by atoms with Crippen LogP contribution < -0.4 is 9.47 Å². The number of hydrogen-bond acceptors (Lipinski definition) is 5. The highest BCUT2D eigenvalue weighted by atomic mass is 79.9. The van der Waals surface area contributed by atoms with Crippen molar-refractivity contribution in [3.63, 3.8) is 0 Å². The predicted molar refractivity (Wildman–Crippen MR) is 92.7 cm³/mol. The molecule has 1 atom stereocenters. The number of aromatic nitrogens is 1. The number of hydrogen-bond donors (Lipinski definition) is 0. The van der Waals surface area contributed by atoms with Crippen molar-refractivity contribution < 1.29 is 17.9 Å². The van der Waals surface area contributed by atoms with Crippen molar-refractivity contribution in [1.29, 1.82) is 0 Å². The molecule has 128 valence electrons. The van der Waals surface area contributed by atoms with Crippen LogP contribution in [0.1, 0.15) is 6.42 Å². The van der Waals surface area contributed by atoms with Crippen LogP contribution in [-0.2, 0) is 10.0 Å². The van der Waals surface area contributed by atoms with Gasteiger partial charge in [-0.15, -0.1) is 0 Å². The van der Waals surface area contributed by atoms with Crippen LogP contribution in [0, 0.1) is 0 Å². The number of pyridine rings is 1. The summed E-state index contributed by atoms with van der Waals surface area (Å²) in [5.41, 5.74) is 0. The average molecular weight is 413 g/mol. The fraction of sp³-hybridized carbons (Fsp3) is 0.312. The standard InChI is InChI=1S/C16H17BrN2O4S/c1-22-13-3-2-4-15(9-13)24(20,21)19-8-7-14(11-19)23-16-6-5-12(17)10-18-16/h2-6,9-10,14H,7-8,11H2,1H3. The van der Waals surface area contributed by atoms with Gasteiger partial charge < -0.3 is 9.47 Å². The summed E-state index contributed by atoms with van der Waals surface area (Å²) in [5, 5.41) is 0. The van der Waals surface area contributed by atoms with Gasteiger partial charge in [-0.2, -0.15) is 4.31 Å². The van der Waals surface area contributed by atoms with Crippen molar-refractivity contribution in [3.8, 4) is 11.6 Å². The molecular formula is C16H17BrN2O4S. The van der Waals surface area contributed by atoms with Crippen molar-refractivity contribution in [3.05, 3.63) is 47.1 Å². The van der Waals surface area contributed by atoms with Gasteiger partial charge >= 0.3 is 0 Å². The first-order valence-electron chi connectivity index (χ1n) is 7.41. The van der Waals surface area contributed by atoms with E-state index in [0.29, 0.717) is 31.1 Å². The molecule has 0 radical (unpaired) electrons. The summed E-state index contributed by atoms with van der Waals surface area (Å²) in [4.78, 5) is 4.38. The summed E-state index contributed by atoms with van der Waals surface area (Å²) in [6.07, 6.45) is 2.06. The summed E-state index contributed by atoms with van der Waals surface area (Å²) in [6, 6.07) is 10.1. The van der Waals surface area contributed by atoms with E-state index in [0.717, 1.165) is 4.47 Å². The summed E-state index contributed by atoms with van der Waals surface area (Å²) in [7, 11) is -2.05. The van der Waals surface area contributed by atoms with Crippen molar-refractivity contribution >= 4 is 26.0 Å². The molecule has 8 heteroatoms. The molecule has 0 spiro atoms. The monoisotopic (exact) mass is 412 g/mol. The Balaban J connectivity index is 1.70. The van der Waals surface area contributed by atoms with E-state index in [1.165, 1.54) is 17.5 Å². The second kappa shape index (κ2) is 7.08. The molecule has 1 fully saturated rings. The third-order valence-corrected chi connectivity index (χ3v) is 6.10. The zero-order chi connectivity index (χ0) is 17.2. The number of rotatable bonds is 5. The van der Waals surface area contributed by atoms with Crippen LogP contribution in [0.4, 0.5) is 0 Å². The molecule has 1 aromatic carbocycles. The number of benzene rings is 1. The van der Waals surface area contributed by atoms with Crippen LogP contribution >= 0.6 is 15.9 Å². The summed E-state index contributed by atoms with van der Waals surface area (Å²) in [6.45, 7) is 0.720. The minimum atomic E-state index is -3.56. The number of methoxy groups -OCH3 is 1. The molecule has 0 N–H and O–H groups in total. The maximum atomic E-state index is 12.7. The molecular weight excluding hydrogens is 396 g/mol. The Morgan fingerprint density at radius 1 is 1.29 bits per heavy atom. The molecule has 3 rings (SSSR count). The molecule has 1 saturated heterocycles. The zero-order valence-corrected chi connectivity index (χ0v) is 15.5. The van der Waals surface area contributed by atoms with E-state index in [9.17, 15) is 8.42 Å². The number of nitrogens with zero attached hydrogens (tertiary/aromatic N) is 2. The third kappa shape index (κ3) is 3.71. The topological polar surface area (TPSA) is 68.7 Å². The first kappa shape index (κ1) is 17.2. The Labute approximate surface area is 149 Å². The lowest BCUT2D eigenvalue weighted by Gasteiger charge is -2.17. The van der Waals surface area contributed by atoms with Gasteiger partial charge in [0.15, 0.2) is 0 Å². The van der Waals surface area contributed by atoms with Crippen LogP contribution in [0.25, 0.3) is 0 Å². The van der Waals surface area contributed by atoms with Gasteiger partial charge in [0.2, 0.25) is 15.9 Å². The summed E-state index contributed by atoms with van der Waals surface area (Å²) >= 11 is 3.32. The van der Waals surface area contributed by atoms with Crippen molar-refractivity contribution in [2.24, 2.45) is 0 Å². The largest absolute Gasteiger partial charge is 0.497 e. The van der Waals surface area contributed by atoms with Gasteiger partial charge in [-0.05, 0) is 40.5 Å². The first-order chi connectivity index (χ1) is 11.5. The van der Waals surface area contributed by atoms with E-state index in [-0.39, 0.29) is 11.0 Å².